The van der Waals surface area contributed by atoms with Gasteiger partial charge in [0.25, 0.3) is 15.6 Å². The first-order valence-corrected chi connectivity index (χ1v) is 10.1. The number of aromatic nitrogens is 4. The minimum Gasteiger partial charge on any atom is -0.451 e. The van der Waals surface area contributed by atoms with Crippen LogP contribution in [-0.4, -0.2) is 47.3 Å². The topological polar surface area (TPSA) is 136 Å². The van der Waals surface area contributed by atoms with Crippen LogP contribution in [0.1, 0.15) is 5.56 Å². The number of rotatable bonds is 3. The van der Waals surface area contributed by atoms with Crippen LogP contribution in [0.5, 0.6) is 0 Å². The van der Waals surface area contributed by atoms with E-state index in [0.717, 1.165) is 17.9 Å². The van der Waals surface area contributed by atoms with E-state index in [1.165, 1.54) is 19.3 Å². The molecule has 3 rings (SSSR count). The zero-order valence-electron chi connectivity index (χ0n) is 16.1. The average Bonchev–Trinajstić information content (AvgIpc) is 3.07. The second-order valence-electron chi connectivity index (χ2n) is 6.30. The predicted octanol–water partition coefficient (Wildman–Crippen LogP) is 0.773. The van der Waals surface area contributed by atoms with Crippen molar-refractivity contribution in [2.75, 3.05) is 17.8 Å². The first-order chi connectivity index (χ1) is 14.3. The van der Waals surface area contributed by atoms with E-state index in [0.29, 0.717) is 12.3 Å². The summed E-state index contributed by atoms with van der Waals surface area (Å²) in [5, 5.41) is 3.32. The van der Waals surface area contributed by atoms with Crippen LogP contribution in [0.2, 0.25) is 0 Å². The van der Waals surface area contributed by atoms with Crippen LogP contribution in [0.25, 0.3) is 22.2 Å². The summed E-state index contributed by atoms with van der Waals surface area (Å²) < 4.78 is 70.2. The second-order valence-corrected chi connectivity index (χ2v) is 8.12. The molecule has 0 aliphatic rings. The highest BCUT2D eigenvalue weighted by Gasteiger charge is 2.36. The van der Waals surface area contributed by atoms with Gasteiger partial charge in [-0.2, -0.15) is 18.3 Å². The lowest BCUT2D eigenvalue weighted by atomic mass is 10.0. The Kier molecular flexibility index (Phi) is 5.17. The molecule has 0 aliphatic heterocycles. The van der Waals surface area contributed by atoms with Crippen molar-refractivity contribution < 1.29 is 31.1 Å². The molecule has 0 fully saturated rings. The minimum atomic E-state index is -4.86. The third kappa shape index (κ3) is 3.78. The molecule has 0 atom stereocenters. The third-order valence-electron chi connectivity index (χ3n) is 4.24. The number of nitrogens with zero attached hydrogens (tertiary/aromatic N) is 4. The molecule has 31 heavy (non-hydrogen) atoms. The second kappa shape index (κ2) is 7.26. The molecule has 0 bridgehead atoms. The van der Waals surface area contributed by atoms with Crippen LogP contribution in [-0.2, 0) is 28.0 Å². The first-order valence-electron chi connectivity index (χ1n) is 8.24. The Balaban J connectivity index is 2.47. The molecule has 1 aromatic carbocycles. The van der Waals surface area contributed by atoms with Crippen LogP contribution in [0.4, 0.5) is 18.0 Å². The number of hydrogen-bond donors (Lipinski definition) is 1. The maximum atomic E-state index is 13.7. The van der Waals surface area contributed by atoms with Crippen molar-refractivity contribution >= 4 is 27.0 Å². The number of carbonyl (C=O) groups excluding carboxylic acids is 1. The van der Waals surface area contributed by atoms with Gasteiger partial charge in [-0.05, 0) is 18.2 Å². The number of carbonyl (C=O) groups is 1. The monoisotopic (exact) mass is 461 g/mol. The van der Waals surface area contributed by atoms with Crippen LogP contribution in [0.3, 0.4) is 0 Å². The Bertz CT molecular complexity index is 1420. The number of sulfonamides is 1. The van der Waals surface area contributed by atoms with Crippen LogP contribution in [0, 0.1) is 0 Å². The number of halogens is 3. The van der Waals surface area contributed by atoms with Crippen LogP contribution >= 0.6 is 0 Å². The highest BCUT2D eigenvalue weighted by molar-refractivity contribution is 7.92. The van der Waals surface area contributed by atoms with Gasteiger partial charge in [-0.15, -0.1) is 4.68 Å². The number of ether oxygens (including phenoxy) is 1. The molecule has 0 radical (unpaired) electrons. The largest absolute Gasteiger partial charge is 0.451 e. The lowest BCUT2D eigenvalue weighted by molar-refractivity contribution is -0.137. The molecule has 2 heterocycles. The molecule has 0 spiro atoms. The maximum Gasteiger partial charge on any atom is 0.443 e. The number of H-pyrrole nitrogens is 1. The molecule has 15 heteroatoms. The summed E-state index contributed by atoms with van der Waals surface area (Å²) in [4.78, 5) is 39.3. The number of methoxy groups -OCH3 is 1. The SMILES string of the molecule is COC(=O)N(n1c(=O)[nH]c2cc(C(F)(F)F)c(-c3ccnn3C)cc2c1=O)S(C)(=O)=O. The standard InChI is InChI=1S/C16H14F3N5O6S/c1-22-12(4-5-20-22)8-6-9-11(7-10(8)16(17,18)19)21-14(26)23(13(9)25)24(15(27)30-2)31(3,28)29/h4-7H,1-3H3,(H,21,26). The van der Waals surface area contributed by atoms with E-state index >= 15 is 0 Å². The van der Waals surface area contributed by atoms with E-state index < -0.39 is 55.6 Å². The number of fused-ring (bicyclic) bond motifs is 1. The average molecular weight is 461 g/mol. The number of amides is 1. The van der Waals surface area contributed by atoms with Gasteiger partial charge < -0.3 is 9.72 Å². The molecule has 0 unspecified atom stereocenters. The molecule has 166 valence electrons. The van der Waals surface area contributed by atoms with Crippen molar-refractivity contribution in [3.8, 4) is 11.3 Å². The summed E-state index contributed by atoms with van der Waals surface area (Å²) in [5.74, 6) is 0. The van der Waals surface area contributed by atoms with Gasteiger partial charge in [0.1, 0.15) is 0 Å². The van der Waals surface area contributed by atoms with E-state index in [9.17, 15) is 36.0 Å². The zero-order valence-corrected chi connectivity index (χ0v) is 16.9. The molecule has 2 aromatic heterocycles. The van der Waals surface area contributed by atoms with Crippen LogP contribution in [0.15, 0.2) is 34.0 Å². The number of nitrogens with one attached hydrogen (secondary N) is 1. The Hall–Kier alpha value is -3.62. The number of aromatic amines is 1. The van der Waals surface area contributed by atoms with Gasteiger partial charge in [-0.1, -0.05) is 4.41 Å². The number of hydrogen-bond acceptors (Lipinski definition) is 7. The predicted molar refractivity (Wildman–Crippen MR) is 101 cm³/mol. The van der Waals surface area contributed by atoms with E-state index in [1.54, 1.807) is 0 Å². The molecular weight excluding hydrogens is 447 g/mol. The summed E-state index contributed by atoms with van der Waals surface area (Å²) in [6.45, 7) is 0. The summed E-state index contributed by atoms with van der Waals surface area (Å²) in [7, 11) is -2.33. The molecule has 11 nitrogen and oxygen atoms in total. The van der Waals surface area contributed by atoms with Gasteiger partial charge >= 0.3 is 18.0 Å². The van der Waals surface area contributed by atoms with E-state index in [2.05, 4.69) is 9.84 Å². The maximum absolute atomic E-state index is 13.7. The molecule has 0 saturated heterocycles. The highest BCUT2D eigenvalue weighted by atomic mass is 32.2. The van der Waals surface area contributed by atoms with Gasteiger partial charge in [0.2, 0.25) is 0 Å². The minimum absolute atomic E-state index is 0.000637. The Morgan fingerprint density at radius 2 is 1.90 bits per heavy atom. The fourth-order valence-electron chi connectivity index (χ4n) is 2.95. The van der Waals surface area contributed by atoms with E-state index in [1.807, 2.05) is 4.98 Å². The lowest BCUT2D eigenvalue weighted by Crippen LogP contribution is -2.55. The summed E-state index contributed by atoms with van der Waals surface area (Å²) in [5.41, 5.74) is -4.94. The quantitative estimate of drug-likeness (QED) is 0.609. The van der Waals surface area contributed by atoms with Crippen molar-refractivity contribution in [3.63, 3.8) is 0 Å². The van der Waals surface area contributed by atoms with Gasteiger partial charge in [0.15, 0.2) is 0 Å². The molecule has 3 aromatic rings. The molecule has 1 amide bonds. The first kappa shape index (κ1) is 22.1. The number of alkyl halides is 3. The fraction of sp³-hybridized carbons (Fsp3) is 0.250. The number of aryl methyl sites for hydroxylation is 1. The Labute approximate surface area is 171 Å². The van der Waals surface area contributed by atoms with Gasteiger partial charge in [-0.3, -0.25) is 9.48 Å². The fourth-order valence-corrected chi connectivity index (χ4v) is 3.74. The summed E-state index contributed by atoms with van der Waals surface area (Å²) in [6.07, 6.45) is -4.65. The summed E-state index contributed by atoms with van der Waals surface area (Å²) >= 11 is 0. The normalized spacial score (nSPS) is 12.2. The van der Waals surface area contributed by atoms with Crippen LogP contribution < -0.4 is 15.7 Å². The molecule has 1 N–H and O–H groups in total. The highest BCUT2D eigenvalue weighted by Crippen LogP contribution is 2.38. The Morgan fingerprint density at radius 1 is 1.26 bits per heavy atom. The Morgan fingerprint density at radius 3 is 2.39 bits per heavy atom. The van der Waals surface area contributed by atoms with Gasteiger partial charge in [0.05, 0.1) is 35.5 Å². The van der Waals surface area contributed by atoms with Crippen molar-refractivity contribution in [1.82, 2.24) is 19.4 Å². The third-order valence-corrected chi connectivity index (χ3v) is 5.18. The van der Waals surface area contributed by atoms with Crippen molar-refractivity contribution in [2.45, 2.75) is 6.18 Å². The van der Waals surface area contributed by atoms with E-state index in [-0.39, 0.29) is 14.8 Å². The number of benzene rings is 1. The molecular formula is C16H14F3N5O6S. The van der Waals surface area contributed by atoms with Crippen molar-refractivity contribution in [3.05, 3.63) is 50.8 Å². The smallest absolute Gasteiger partial charge is 0.443 e. The van der Waals surface area contributed by atoms with E-state index in [4.69, 9.17) is 0 Å². The lowest BCUT2D eigenvalue weighted by Gasteiger charge is -2.20. The molecule has 0 saturated carbocycles. The van der Waals surface area contributed by atoms with Crippen molar-refractivity contribution in [1.29, 1.82) is 0 Å². The van der Waals surface area contributed by atoms with Crippen molar-refractivity contribution in [2.24, 2.45) is 7.05 Å². The van der Waals surface area contributed by atoms with Gasteiger partial charge in [-0.25, -0.2) is 18.0 Å². The van der Waals surface area contributed by atoms with Gasteiger partial charge in [0, 0.05) is 18.8 Å². The summed E-state index contributed by atoms with van der Waals surface area (Å²) in [6, 6.07) is 2.66. The molecule has 0 aliphatic carbocycles. The zero-order chi connectivity index (χ0) is 23.3.